The summed E-state index contributed by atoms with van der Waals surface area (Å²) in [7, 11) is 0. The lowest BCUT2D eigenvalue weighted by molar-refractivity contribution is -0.112. The lowest BCUT2D eigenvalue weighted by Gasteiger charge is -2.32. The van der Waals surface area contributed by atoms with Crippen molar-refractivity contribution in [2.45, 2.75) is 90.9 Å². The Labute approximate surface area is 132 Å². The van der Waals surface area contributed by atoms with Gasteiger partial charge >= 0.3 is 0 Å². The fraction of sp³-hybridized carbons (Fsp3) is 0.950. The van der Waals surface area contributed by atoms with E-state index in [0.717, 1.165) is 30.1 Å². The van der Waals surface area contributed by atoms with Crippen molar-refractivity contribution in [1.29, 1.82) is 0 Å². The smallest absolute Gasteiger partial charge is 0.123 e. The first-order valence-corrected chi connectivity index (χ1v) is 9.64. The van der Waals surface area contributed by atoms with Gasteiger partial charge in [-0.1, -0.05) is 71.6 Å². The summed E-state index contributed by atoms with van der Waals surface area (Å²) in [6, 6.07) is 0. The van der Waals surface area contributed by atoms with Gasteiger partial charge in [0.2, 0.25) is 0 Å². The van der Waals surface area contributed by atoms with Gasteiger partial charge in [0.15, 0.2) is 0 Å². The molecule has 5 unspecified atom stereocenters. The van der Waals surface area contributed by atoms with Crippen LogP contribution < -0.4 is 0 Å². The molecule has 0 N–H and O–H groups in total. The lowest BCUT2D eigenvalue weighted by Crippen LogP contribution is -2.20. The molecule has 122 valence electrons. The number of hydrogen-bond donors (Lipinski definition) is 0. The minimum Gasteiger partial charge on any atom is -0.303 e. The Morgan fingerprint density at radius 1 is 0.810 bits per heavy atom. The third-order valence-corrected chi connectivity index (χ3v) is 6.45. The molecule has 2 aliphatic carbocycles. The Kier molecular flexibility index (Phi) is 7.26. The highest BCUT2D eigenvalue weighted by Crippen LogP contribution is 2.36. The summed E-state index contributed by atoms with van der Waals surface area (Å²) < 4.78 is 0. The predicted octanol–water partition coefficient (Wildman–Crippen LogP) is 6.01. The van der Waals surface area contributed by atoms with Gasteiger partial charge in [-0.25, -0.2) is 0 Å². The van der Waals surface area contributed by atoms with E-state index in [2.05, 4.69) is 13.8 Å². The van der Waals surface area contributed by atoms with Gasteiger partial charge in [0.1, 0.15) is 6.29 Å². The van der Waals surface area contributed by atoms with Gasteiger partial charge in [-0.2, -0.15) is 0 Å². The van der Waals surface area contributed by atoms with Gasteiger partial charge < -0.3 is 4.79 Å². The molecule has 0 bridgehead atoms. The van der Waals surface area contributed by atoms with Gasteiger partial charge in [0.05, 0.1) is 0 Å². The average molecular weight is 293 g/mol. The minimum atomic E-state index is 0.384. The molecule has 1 heteroatoms. The number of carbonyl (C=O) groups is 1. The summed E-state index contributed by atoms with van der Waals surface area (Å²) in [5, 5.41) is 0. The summed E-state index contributed by atoms with van der Waals surface area (Å²) >= 11 is 0. The van der Waals surface area contributed by atoms with E-state index in [1.54, 1.807) is 0 Å². The highest BCUT2D eigenvalue weighted by molar-refractivity contribution is 5.53. The van der Waals surface area contributed by atoms with E-state index in [1.807, 2.05) is 0 Å². The van der Waals surface area contributed by atoms with Crippen LogP contribution in [0.4, 0.5) is 0 Å². The Morgan fingerprint density at radius 2 is 1.52 bits per heavy atom. The molecule has 1 nitrogen and oxygen atoms in total. The maximum absolute atomic E-state index is 10.9. The first-order valence-electron chi connectivity index (χ1n) is 9.64. The summed E-state index contributed by atoms with van der Waals surface area (Å²) in [4.78, 5) is 10.9. The van der Waals surface area contributed by atoms with Crippen LogP contribution in [0.25, 0.3) is 0 Å². The third kappa shape index (κ3) is 5.75. The monoisotopic (exact) mass is 292 g/mol. The van der Waals surface area contributed by atoms with Gasteiger partial charge in [-0.3, -0.25) is 0 Å². The van der Waals surface area contributed by atoms with E-state index in [1.165, 1.54) is 76.9 Å². The molecule has 2 fully saturated rings. The van der Waals surface area contributed by atoms with Crippen molar-refractivity contribution in [2.75, 3.05) is 0 Å². The first kappa shape index (κ1) is 17.0. The van der Waals surface area contributed by atoms with E-state index >= 15 is 0 Å². The van der Waals surface area contributed by atoms with Crippen molar-refractivity contribution in [3.05, 3.63) is 0 Å². The Hall–Kier alpha value is -0.330. The standard InChI is InChI=1S/C20H36O/c1-16-11-12-19(13-17(16)2)8-5-3-4-7-18-9-6-10-20(14-18)15-21/h15-20H,3-14H2,1-2H3. The topological polar surface area (TPSA) is 17.1 Å². The summed E-state index contributed by atoms with van der Waals surface area (Å²) in [5.74, 6) is 4.16. The zero-order valence-electron chi connectivity index (χ0n) is 14.4. The Bertz CT molecular complexity index is 298. The molecule has 0 saturated heterocycles. The van der Waals surface area contributed by atoms with Crippen LogP contribution >= 0.6 is 0 Å². The zero-order chi connectivity index (χ0) is 15.1. The molecule has 0 radical (unpaired) electrons. The van der Waals surface area contributed by atoms with Crippen LogP contribution in [-0.4, -0.2) is 6.29 Å². The normalized spacial score (nSPS) is 37.3. The van der Waals surface area contributed by atoms with Crippen molar-refractivity contribution in [3.8, 4) is 0 Å². The van der Waals surface area contributed by atoms with Crippen molar-refractivity contribution >= 4 is 6.29 Å². The quantitative estimate of drug-likeness (QED) is 0.414. The van der Waals surface area contributed by atoms with Crippen molar-refractivity contribution < 1.29 is 4.79 Å². The number of hydrogen-bond acceptors (Lipinski definition) is 1. The average Bonchev–Trinajstić information content (AvgIpc) is 2.50. The molecule has 0 spiro atoms. The molecule has 2 aliphatic rings. The van der Waals surface area contributed by atoms with Gasteiger partial charge in [0.25, 0.3) is 0 Å². The highest BCUT2D eigenvalue weighted by atomic mass is 16.1. The van der Waals surface area contributed by atoms with Crippen LogP contribution in [0.2, 0.25) is 0 Å². The van der Waals surface area contributed by atoms with E-state index in [4.69, 9.17) is 0 Å². The van der Waals surface area contributed by atoms with Crippen LogP contribution in [0, 0.1) is 29.6 Å². The second-order valence-corrected chi connectivity index (χ2v) is 8.20. The fourth-order valence-electron chi connectivity index (χ4n) is 4.68. The maximum Gasteiger partial charge on any atom is 0.123 e. The van der Waals surface area contributed by atoms with E-state index < -0.39 is 0 Å². The van der Waals surface area contributed by atoms with Gasteiger partial charge in [-0.15, -0.1) is 0 Å². The van der Waals surface area contributed by atoms with Crippen LogP contribution in [0.3, 0.4) is 0 Å². The van der Waals surface area contributed by atoms with E-state index in [0.29, 0.717) is 5.92 Å². The molecule has 5 atom stereocenters. The van der Waals surface area contributed by atoms with Crippen LogP contribution in [0.15, 0.2) is 0 Å². The van der Waals surface area contributed by atoms with Gasteiger partial charge in [0, 0.05) is 5.92 Å². The Balaban J connectivity index is 1.51. The van der Waals surface area contributed by atoms with Crippen molar-refractivity contribution in [1.82, 2.24) is 0 Å². The van der Waals surface area contributed by atoms with Crippen LogP contribution in [0.1, 0.15) is 90.9 Å². The molecule has 0 aliphatic heterocycles. The third-order valence-electron chi connectivity index (χ3n) is 6.45. The summed E-state index contributed by atoms with van der Waals surface area (Å²) in [5.41, 5.74) is 0. The largest absolute Gasteiger partial charge is 0.303 e. The Morgan fingerprint density at radius 3 is 2.19 bits per heavy atom. The van der Waals surface area contributed by atoms with Gasteiger partial charge in [-0.05, 0) is 42.9 Å². The van der Waals surface area contributed by atoms with Crippen LogP contribution in [0.5, 0.6) is 0 Å². The SMILES string of the molecule is CC1CCC(CCCCCC2CCCC(C=O)C2)CC1C. The summed E-state index contributed by atoms with van der Waals surface area (Å²) in [6.07, 6.45) is 17.7. The first-order chi connectivity index (χ1) is 10.2. The second kappa shape index (κ2) is 8.96. The van der Waals surface area contributed by atoms with E-state index in [-0.39, 0.29) is 0 Å². The summed E-state index contributed by atoms with van der Waals surface area (Å²) in [6.45, 7) is 4.88. The second-order valence-electron chi connectivity index (χ2n) is 8.20. The van der Waals surface area contributed by atoms with E-state index in [9.17, 15) is 4.79 Å². The number of unbranched alkanes of at least 4 members (excludes halogenated alkanes) is 2. The number of carbonyl (C=O) groups excluding carboxylic acids is 1. The molecule has 0 aromatic rings. The molecule has 21 heavy (non-hydrogen) atoms. The van der Waals surface area contributed by atoms with Crippen molar-refractivity contribution in [2.24, 2.45) is 29.6 Å². The predicted molar refractivity (Wildman–Crippen MR) is 90.3 cm³/mol. The molecule has 2 saturated carbocycles. The molecule has 0 aromatic heterocycles. The maximum atomic E-state index is 10.9. The minimum absolute atomic E-state index is 0.384. The molecule has 0 heterocycles. The fourth-order valence-corrected chi connectivity index (χ4v) is 4.68. The molecular weight excluding hydrogens is 256 g/mol. The molecular formula is C20H36O. The number of rotatable bonds is 7. The highest BCUT2D eigenvalue weighted by Gasteiger charge is 2.24. The zero-order valence-corrected chi connectivity index (χ0v) is 14.4. The number of aldehydes is 1. The molecule has 2 rings (SSSR count). The lowest BCUT2D eigenvalue weighted by atomic mass is 9.74. The molecule has 0 amide bonds. The van der Waals surface area contributed by atoms with Crippen molar-refractivity contribution in [3.63, 3.8) is 0 Å². The van der Waals surface area contributed by atoms with Crippen LogP contribution in [-0.2, 0) is 4.79 Å². The molecule has 0 aromatic carbocycles.